The van der Waals surface area contributed by atoms with Crippen molar-refractivity contribution in [2.24, 2.45) is 0 Å². The van der Waals surface area contributed by atoms with Crippen molar-refractivity contribution < 1.29 is 9.53 Å². The number of carbonyl (C=O) groups is 1. The molecule has 0 saturated carbocycles. The second kappa shape index (κ2) is 6.68. The molecule has 7 heteroatoms. The molecule has 0 bridgehead atoms. The highest BCUT2D eigenvalue weighted by Crippen LogP contribution is 2.26. The van der Waals surface area contributed by atoms with Gasteiger partial charge in [-0.2, -0.15) is 23.5 Å². The molecular formula is C11H16N2O2S3. The molecule has 1 unspecified atom stereocenters. The van der Waals surface area contributed by atoms with Gasteiger partial charge < -0.3 is 10.1 Å². The van der Waals surface area contributed by atoms with Gasteiger partial charge in [-0.1, -0.05) is 11.3 Å². The molecule has 1 aromatic heterocycles. The number of nitrogens with zero attached hydrogens (tertiary/aromatic N) is 1. The number of rotatable bonds is 4. The third-order valence-electron chi connectivity index (χ3n) is 2.53. The van der Waals surface area contributed by atoms with Crippen LogP contribution >= 0.6 is 34.9 Å². The fourth-order valence-corrected chi connectivity index (χ4v) is 5.11. The third kappa shape index (κ3) is 3.55. The van der Waals surface area contributed by atoms with E-state index in [9.17, 15) is 4.79 Å². The standard InChI is InChI=1S/C11H16N2O2S3/c1-7-9(10(14)15-2)18-11(13-7)12-5-8-6-16-3-4-17-8/h8H,3-6H2,1-2H3,(H,12,13). The summed E-state index contributed by atoms with van der Waals surface area (Å²) in [4.78, 5) is 16.4. The van der Waals surface area contributed by atoms with Crippen LogP contribution in [0.3, 0.4) is 0 Å². The molecule has 1 fully saturated rings. The van der Waals surface area contributed by atoms with E-state index in [2.05, 4.69) is 10.3 Å². The summed E-state index contributed by atoms with van der Waals surface area (Å²) < 4.78 is 4.72. The Morgan fingerprint density at radius 2 is 2.39 bits per heavy atom. The first-order valence-corrected chi connectivity index (χ1v) is 8.71. The lowest BCUT2D eigenvalue weighted by atomic mass is 10.4. The molecule has 4 nitrogen and oxygen atoms in total. The number of thioether (sulfide) groups is 2. The van der Waals surface area contributed by atoms with Crippen LogP contribution in [-0.2, 0) is 4.74 Å². The van der Waals surface area contributed by atoms with Gasteiger partial charge in [-0.05, 0) is 6.92 Å². The van der Waals surface area contributed by atoms with E-state index in [0.29, 0.717) is 10.1 Å². The van der Waals surface area contributed by atoms with Crippen LogP contribution in [0.15, 0.2) is 0 Å². The van der Waals surface area contributed by atoms with E-state index >= 15 is 0 Å². The molecule has 2 rings (SSSR count). The summed E-state index contributed by atoms with van der Waals surface area (Å²) in [5, 5.41) is 4.76. The predicted octanol–water partition coefficient (Wildman–Crippen LogP) is 2.50. The highest BCUT2D eigenvalue weighted by atomic mass is 32.2. The van der Waals surface area contributed by atoms with Crippen molar-refractivity contribution in [3.8, 4) is 0 Å². The fraction of sp³-hybridized carbons (Fsp3) is 0.636. The lowest BCUT2D eigenvalue weighted by Crippen LogP contribution is -2.23. The molecule has 0 aromatic carbocycles. The Kier molecular flexibility index (Phi) is 5.20. The lowest BCUT2D eigenvalue weighted by Gasteiger charge is -2.20. The Labute approximate surface area is 119 Å². The van der Waals surface area contributed by atoms with E-state index in [1.165, 1.54) is 35.7 Å². The largest absolute Gasteiger partial charge is 0.465 e. The molecule has 0 amide bonds. The van der Waals surface area contributed by atoms with Gasteiger partial charge in [0.15, 0.2) is 5.13 Å². The highest BCUT2D eigenvalue weighted by Gasteiger charge is 2.17. The minimum atomic E-state index is -0.305. The van der Waals surface area contributed by atoms with Gasteiger partial charge in [-0.25, -0.2) is 9.78 Å². The number of aryl methyl sites for hydroxylation is 1. The summed E-state index contributed by atoms with van der Waals surface area (Å²) in [6, 6.07) is 0. The van der Waals surface area contributed by atoms with Crippen molar-refractivity contribution in [1.29, 1.82) is 0 Å². The first-order chi connectivity index (χ1) is 8.70. The van der Waals surface area contributed by atoms with Crippen molar-refractivity contribution in [1.82, 2.24) is 4.98 Å². The quantitative estimate of drug-likeness (QED) is 0.863. The lowest BCUT2D eigenvalue weighted by molar-refractivity contribution is 0.0605. The number of aromatic nitrogens is 1. The maximum absolute atomic E-state index is 11.5. The van der Waals surface area contributed by atoms with Crippen molar-refractivity contribution >= 4 is 46.0 Å². The zero-order valence-electron chi connectivity index (χ0n) is 10.4. The number of methoxy groups -OCH3 is 1. The van der Waals surface area contributed by atoms with Gasteiger partial charge in [-0.3, -0.25) is 0 Å². The van der Waals surface area contributed by atoms with Gasteiger partial charge in [0.05, 0.1) is 12.8 Å². The summed E-state index contributed by atoms with van der Waals surface area (Å²) in [6.07, 6.45) is 0. The molecule has 18 heavy (non-hydrogen) atoms. The van der Waals surface area contributed by atoms with Crippen LogP contribution in [0.4, 0.5) is 5.13 Å². The number of thiazole rings is 1. The number of hydrogen-bond acceptors (Lipinski definition) is 7. The van der Waals surface area contributed by atoms with Crippen molar-refractivity contribution in [2.45, 2.75) is 12.2 Å². The third-order valence-corrected chi connectivity index (χ3v) is 6.47. The Balaban J connectivity index is 1.91. The molecule has 1 aromatic rings. The number of anilines is 1. The second-order valence-corrected chi connectivity index (χ2v) is 7.43. The van der Waals surface area contributed by atoms with Crippen LogP contribution < -0.4 is 5.32 Å². The van der Waals surface area contributed by atoms with Crippen molar-refractivity contribution in [2.75, 3.05) is 36.2 Å². The van der Waals surface area contributed by atoms with Gasteiger partial charge in [0.1, 0.15) is 4.88 Å². The number of hydrogen-bond donors (Lipinski definition) is 1. The topological polar surface area (TPSA) is 51.2 Å². The van der Waals surface area contributed by atoms with Gasteiger partial charge in [0, 0.05) is 29.1 Å². The zero-order valence-corrected chi connectivity index (χ0v) is 12.8. The SMILES string of the molecule is COC(=O)c1sc(NCC2CSCCS2)nc1C. The smallest absolute Gasteiger partial charge is 0.350 e. The van der Waals surface area contributed by atoms with Crippen LogP contribution in [-0.4, -0.2) is 47.1 Å². The van der Waals surface area contributed by atoms with Crippen LogP contribution in [0.1, 0.15) is 15.4 Å². The number of ether oxygens (including phenoxy) is 1. The van der Waals surface area contributed by atoms with Crippen LogP contribution in [0.2, 0.25) is 0 Å². The zero-order chi connectivity index (χ0) is 13.0. The molecule has 2 heterocycles. The van der Waals surface area contributed by atoms with Crippen LogP contribution in [0, 0.1) is 6.92 Å². The van der Waals surface area contributed by atoms with E-state index in [1.54, 1.807) is 0 Å². The van der Waals surface area contributed by atoms with Gasteiger partial charge >= 0.3 is 5.97 Å². The number of carbonyl (C=O) groups excluding carboxylic acids is 1. The van der Waals surface area contributed by atoms with Crippen molar-refractivity contribution in [3.63, 3.8) is 0 Å². The molecular weight excluding hydrogens is 288 g/mol. The first kappa shape index (κ1) is 14.0. The van der Waals surface area contributed by atoms with E-state index < -0.39 is 0 Å². The van der Waals surface area contributed by atoms with E-state index in [4.69, 9.17) is 4.74 Å². The van der Waals surface area contributed by atoms with E-state index in [0.717, 1.165) is 17.4 Å². The summed E-state index contributed by atoms with van der Waals surface area (Å²) in [5.41, 5.74) is 0.736. The molecule has 1 aliphatic rings. The maximum Gasteiger partial charge on any atom is 0.350 e. The van der Waals surface area contributed by atoms with E-state index in [1.807, 2.05) is 30.4 Å². The normalized spacial score (nSPS) is 19.6. The molecule has 100 valence electrons. The summed E-state index contributed by atoms with van der Waals surface area (Å²) in [7, 11) is 1.39. The minimum absolute atomic E-state index is 0.305. The molecule has 1 N–H and O–H groups in total. The minimum Gasteiger partial charge on any atom is -0.465 e. The Morgan fingerprint density at radius 1 is 1.56 bits per heavy atom. The summed E-state index contributed by atoms with van der Waals surface area (Å²) in [6.45, 7) is 2.74. The Hall–Kier alpha value is -0.400. The average molecular weight is 304 g/mol. The van der Waals surface area contributed by atoms with Gasteiger partial charge in [0.25, 0.3) is 0 Å². The van der Waals surface area contributed by atoms with Crippen LogP contribution in [0.5, 0.6) is 0 Å². The molecule has 1 saturated heterocycles. The second-order valence-electron chi connectivity index (χ2n) is 3.87. The first-order valence-electron chi connectivity index (χ1n) is 5.69. The van der Waals surface area contributed by atoms with Gasteiger partial charge in [-0.15, -0.1) is 0 Å². The number of esters is 1. The highest BCUT2D eigenvalue weighted by molar-refractivity contribution is 8.06. The molecule has 0 spiro atoms. The molecule has 0 aliphatic carbocycles. The molecule has 1 aliphatic heterocycles. The summed E-state index contributed by atoms with van der Waals surface area (Å²) in [5.74, 6) is 3.36. The monoisotopic (exact) mass is 304 g/mol. The maximum atomic E-state index is 11.5. The van der Waals surface area contributed by atoms with Gasteiger partial charge in [0.2, 0.25) is 0 Å². The van der Waals surface area contributed by atoms with Crippen LogP contribution in [0.25, 0.3) is 0 Å². The average Bonchev–Trinajstić information content (AvgIpc) is 2.78. The predicted molar refractivity (Wildman–Crippen MR) is 80.3 cm³/mol. The molecule has 0 radical (unpaired) electrons. The fourth-order valence-electron chi connectivity index (χ4n) is 1.61. The summed E-state index contributed by atoms with van der Waals surface area (Å²) >= 11 is 5.38. The number of nitrogens with one attached hydrogen (secondary N) is 1. The van der Waals surface area contributed by atoms with Crippen molar-refractivity contribution in [3.05, 3.63) is 10.6 Å². The Bertz CT molecular complexity index is 416. The van der Waals surface area contributed by atoms with E-state index in [-0.39, 0.29) is 5.97 Å². The Morgan fingerprint density at radius 3 is 3.06 bits per heavy atom. The molecule has 1 atom stereocenters.